The highest BCUT2D eigenvalue weighted by Gasteiger charge is 2.35. The van der Waals surface area contributed by atoms with Gasteiger partial charge in [-0.2, -0.15) is 13.2 Å². The van der Waals surface area contributed by atoms with Crippen LogP contribution >= 0.6 is 0 Å². The van der Waals surface area contributed by atoms with Gasteiger partial charge in [0.05, 0.1) is 16.8 Å². The third kappa shape index (κ3) is 3.11. The van der Waals surface area contributed by atoms with Crippen LogP contribution in [-0.4, -0.2) is 25.0 Å². The van der Waals surface area contributed by atoms with Crippen molar-refractivity contribution in [2.45, 2.75) is 6.18 Å². The Bertz CT molecular complexity index is 445. The van der Waals surface area contributed by atoms with Crippen LogP contribution in [0.4, 0.5) is 18.9 Å². The summed E-state index contributed by atoms with van der Waals surface area (Å²) < 4.78 is 38.1. The number of halogens is 3. The fourth-order valence-corrected chi connectivity index (χ4v) is 1.40. The van der Waals surface area contributed by atoms with Crippen molar-refractivity contribution in [1.29, 1.82) is 0 Å². The number of rotatable bonds is 3. The number of hydrogen-bond acceptors (Lipinski definition) is 4. The Morgan fingerprint density at radius 2 is 1.94 bits per heavy atom. The van der Waals surface area contributed by atoms with E-state index in [0.29, 0.717) is 0 Å². The van der Waals surface area contributed by atoms with E-state index >= 15 is 0 Å². The normalized spacial score (nSPS) is 11.5. The summed E-state index contributed by atoms with van der Waals surface area (Å²) in [5.41, 5.74) is 2.65. The van der Waals surface area contributed by atoms with Gasteiger partial charge in [0, 0.05) is 14.1 Å². The number of nitrogen functional groups attached to an aromatic ring is 1. The first-order valence-electron chi connectivity index (χ1n) is 4.92. The summed E-state index contributed by atoms with van der Waals surface area (Å²) in [5.74, 6) is 4.39. The number of carbonyl (C=O) groups is 1. The molecule has 0 aliphatic rings. The smallest absolute Gasteiger partial charge is 0.323 e. The van der Waals surface area contributed by atoms with Gasteiger partial charge in [0.2, 0.25) is 0 Å². The Kier molecular flexibility index (Phi) is 4.15. The second-order valence-corrected chi connectivity index (χ2v) is 3.71. The Balaban J connectivity index is 3.25. The van der Waals surface area contributed by atoms with Gasteiger partial charge in [0.1, 0.15) is 0 Å². The molecule has 0 atom stereocenters. The van der Waals surface area contributed by atoms with E-state index in [4.69, 9.17) is 5.84 Å². The maximum absolute atomic E-state index is 12.7. The number of carbonyl (C=O) groups excluding carboxylic acids is 1. The molecule has 5 nitrogen and oxygen atoms in total. The van der Waals surface area contributed by atoms with Crippen molar-refractivity contribution in [1.82, 2.24) is 10.4 Å². The maximum Gasteiger partial charge on any atom is 0.418 e. The van der Waals surface area contributed by atoms with Crippen molar-refractivity contribution in [2.24, 2.45) is 5.84 Å². The van der Waals surface area contributed by atoms with Crippen molar-refractivity contribution in [3.05, 3.63) is 29.3 Å². The number of nitrogens with one attached hydrogen (secondary N) is 2. The van der Waals surface area contributed by atoms with Crippen LogP contribution in [-0.2, 0) is 6.18 Å². The van der Waals surface area contributed by atoms with Gasteiger partial charge in [-0.25, -0.2) is 5.01 Å². The molecular formula is C10H13F3N4O. The SMILES string of the molecule is CN(C)NC(=O)c1cccc(C(F)(F)F)c1NN. The van der Waals surface area contributed by atoms with E-state index in [-0.39, 0.29) is 5.56 Å². The Morgan fingerprint density at radius 1 is 1.33 bits per heavy atom. The lowest BCUT2D eigenvalue weighted by molar-refractivity contribution is -0.137. The van der Waals surface area contributed by atoms with Crippen LogP contribution in [0.2, 0.25) is 0 Å². The molecule has 1 aromatic rings. The highest BCUT2D eigenvalue weighted by atomic mass is 19.4. The Labute approximate surface area is 102 Å². The second kappa shape index (κ2) is 5.23. The monoisotopic (exact) mass is 262 g/mol. The van der Waals surface area contributed by atoms with Crippen LogP contribution in [0.5, 0.6) is 0 Å². The lowest BCUT2D eigenvalue weighted by Crippen LogP contribution is -2.37. The number of nitrogens with two attached hydrogens (primary N) is 1. The fraction of sp³-hybridized carbons (Fsp3) is 0.300. The maximum atomic E-state index is 12.7. The van der Waals surface area contributed by atoms with Crippen molar-refractivity contribution >= 4 is 11.6 Å². The van der Waals surface area contributed by atoms with E-state index < -0.39 is 23.3 Å². The lowest BCUT2D eigenvalue weighted by Gasteiger charge is -2.17. The van der Waals surface area contributed by atoms with Crippen LogP contribution in [0, 0.1) is 0 Å². The van der Waals surface area contributed by atoms with Gasteiger partial charge in [0.15, 0.2) is 0 Å². The molecule has 4 N–H and O–H groups in total. The first kappa shape index (κ1) is 14.3. The molecule has 0 saturated carbocycles. The predicted octanol–water partition coefficient (Wildman–Crippen LogP) is 1.20. The number of para-hydroxylation sites is 1. The van der Waals surface area contributed by atoms with Gasteiger partial charge >= 0.3 is 6.18 Å². The molecule has 1 aromatic carbocycles. The van der Waals surface area contributed by atoms with Crippen LogP contribution in [0.1, 0.15) is 15.9 Å². The molecule has 8 heteroatoms. The van der Waals surface area contributed by atoms with Crippen LogP contribution in [0.15, 0.2) is 18.2 Å². The number of amides is 1. The van der Waals surface area contributed by atoms with Crippen molar-refractivity contribution in [2.75, 3.05) is 19.5 Å². The molecule has 0 bridgehead atoms. The highest BCUT2D eigenvalue weighted by molar-refractivity contribution is 6.00. The zero-order valence-corrected chi connectivity index (χ0v) is 9.80. The van der Waals surface area contributed by atoms with E-state index in [2.05, 4.69) is 5.43 Å². The average Bonchev–Trinajstić information content (AvgIpc) is 2.25. The van der Waals surface area contributed by atoms with Crippen LogP contribution < -0.4 is 16.7 Å². The summed E-state index contributed by atoms with van der Waals surface area (Å²) in [7, 11) is 3.09. The van der Waals surface area contributed by atoms with E-state index in [0.717, 1.165) is 12.1 Å². The molecule has 100 valence electrons. The Hall–Kier alpha value is -1.80. The molecule has 18 heavy (non-hydrogen) atoms. The molecule has 0 radical (unpaired) electrons. The van der Waals surface area contributed by atoms with Gasteiger partial charge in [-0.1, -0.05) is 6.07 Å². The molecule has 0 fully saturated rings. The average molecular weight is 262 g/mol. The molecular weight excluding hydrogens is 249 g/mol. The summed E-state index contributed by atoms with van der Waals surface area (Å²) in [6.07, 6.45) is -4.59. The predicted molar refractivity (Wildman–Crippen MR) is 60.4 cm³/mol. The van der Waals surface area contributed by atoms with E-state index in [9.17, 15) is 18.0 Å². The highest BCUT2D eigenvalue weighted by Crippen LogP contribution is 2.36. The van der Waals surface area contributed by atoms with Crippen molar-refractivity contribution in [3.63, 3.8) is 0 Å². The molecule has 0 spiro atoms. The largest absolute Gasteiger partial charge is 0.418 e. The number of hydrazine groups is 2. The molecule has 0 aliphatic carbocycles. The molecule has 0 aliphatic heterocycles. The van der Waals surface area contributed by atoms with Crippen LogP contribution in [0.25, 0.3) is 0 Å². The summed E-state index contributed by atoms with van der Waals surface area (Å²) in [4.78, 5) is 11.7. The minimum atomic E-state index is -4.59. The zero-order chi connectivity index (χ0) is 13.9. The summed E-state index contributed by atoms with van der Waals surface area (Å²) >= 11 is 0. The molecule has 0 aromatic heterocycles. The van der Waals surface area contributed by atoms with Gasteiger partial charge in [-0.15, -0.1) is 0 Å². The van der Waals surface area contributed by atoms with Gasteiger partial charge in [0.25, 0.3) is 5.91 Å². The van der Waals surface area contributed by atoms with Crippen molar-refractivity contribution in [3.8, 4) is 0 Å². The minimum Gasteiger partial charge on any atom is -0.323 e. The molecule has 0 saturated heterocycles. The van der Waals surface area contributed by atoms with Crippen LogP contribution in [0.3, 0.4) is 0 Å². The van der Waals surface area contributed by atoms with Gasteiger partial charge in [-0.3, -0.25) is 16.1 Å². The second-order valence-electron chi connectivity index (χ2n) is 3.71. The van der Waals surface area contributed by atoms with E-state index in [1.54, 1.807) is 14.1 Å². The first-order valence-corrected chi connectivity index (χ1v) is 4.92. The molecule has 1 rings (SSSR count). The Morgan fingerprint density at radius 3 is 2.39 bits per heavy atom. The fourth-order valence-electron chi connectivity index (χ4n) is 1.40. The summed E-state index contributed by atoms with van der Waals surface area (Å²) in [6.45, 7) is 0. The van der Waals surface area contributed by atoms with Gasteiger partial charge in [-0.05, 0) is 12.1 Å². The number of hydrogen-bond donors (Lipinski definition) is 3. The lowest BCUT2D eigenvalue weighted by atomic mass is 10.1. The third-order valence-corrected chi connectivity index (χ3v) is 2.08. The standard InChI is InChI=1S/C10H13F3N4O/c1-17(2)16-9(18)6-4-3-5-7(8(6)15-14)10(11,12)13/h3-5,15H,14H2,1-2H3,(H,16,18). The first-order chi connectivity index (χ1) is 8.27. The minimum absolute atomic E-state index is 0.180. The van der Waals surface area contributed by atoms with E-state index in [1.165, 1.54) is 11.1 Å². The number of benzene rings is 1. The third-order valence-electron chi connectivity index (χ3n) is 2.08. The van der Waals surface area contributed by atoms with E-state index in [1.807, 2.05) is 5.43 Å². The van der Waals surface area contributed by atoms with Gasteiger partial charge < -0.3 is 5.43 Å². The number of anilines is 1. The topological polar surface area (TPSA) is 70.4 Å². The zero-order valence-electron chi connectivity index (χ0n) is 9.80. The van der Waals surface area contributed by atoms with Crippen molar-refractivity contribution < 1.29 is 18.0 Å². The molecule has 0 heterocycles. The quantitative estimate of drug-likeness (QED) is 0.565. The summed E-state index contributed by atoms with van der Waals surface area (Å²) in [6, 6.07) is 3.25. The molecule has 0 unspecified atom stereocenters. The molecule has 1 amide bonds. The number of alkyl halides is 3. The summed E-state index contributed by atoms with van der Waals surface area (Å²) in [5, 5.41) is 1.32. The number of nitrogens with zero attached hydrogens (tertiary/aromatic N) is 1.